The van der Waals surface area contributed by atoms with Gasteiger partial charge in [0.05, 0.1) is 0 Å². The molecule has 0 saturated carbocycles. The van der Waals surface area contributed by atoms with E-state index in [0.717, 1.165) is 16.7 Å². The Morgan fingerprint density at radius 1 is 0.900 bits per heavy atom. The number of nitrogens with one attached hydrogen (secondary N) is 1. The summed E-state index contributed by atoms with van der Waals surface area (Å²) in [6.07, 6.45) is 0. The van der Waals surface area contributed by atoms with Gasteiger partial charge in [0.1, 0.15) is 22.8 Å². The fourth-order valence-corrected chi connectivity index (χ4v) is 2.98. The molecule has 0 saturated heterocycles. The van der Waals surface area contributed by atoms with Crippen molar-refractivity contribution >= 4 is 22.6 Å². The van der Waals surface area contributed by atoms with E-state index < -0.39 is 5.63 Å². The molecule has 150 valence electrons. The van der Waals surface area contributed by atoms with E-state index in [0.29, 0.717) is 22.8 Å². The molecule has 0 aliphatic heterocycles. The van der Waals surface area contributed by atoms with Crippen LogP contribution in [0.1, 0.15) is 5.56 Å². The van der Waals surface area contributed by atoms with Gasteiger partial charge in [-0.3, -0.25) is 4.79 Å². The van der Waals surface area contributed by atoms with Gasteiger partial charge >= 0.3 is 5.63 Å². The molecule has 4 rings (SSSR count). The average Bonchev–Trinajstić information content (AvgIpc) is 2.73. The number of anilines is 1. The molecule has 0 aliphatic rings. The molecule has 3 aromatic carbocycles. The summed E-state index contributed by atoms with van der Waals surface area (Å²) in [6, 6.07) is 23.1. The van der Waals surface area contributed by atoms with Gasteiger partial charge in [0.25, 0.3) is 5.91 Å². The third-order valence-corrected chi connectivity index (χ3v) is 4.41. The SMILES string of the molecule is Cc1cc(=O)oc2cc(NC(=O)COc3ccc(Oc4ccccc4)cc3)ccc12. The average molecular weight is 401 g/mol. The molecule has 6 nitrogen and oxygen atoms in total. The van der Waals surface area contributed by atoms with Gasteiger partial charge in [0.15, 0.2) is 6.61 Å². The number of aryl methyl sites for hydroxylation is 1. The smallest absolute Gasteiger partial charge is 0.336 e. The van der Waals surface area contributed by atoms with Crippen LogP contribution in [0, 0.1) is 6.92 Å². The lowest BCUT2D eigenvalue weighted by Crippen LogP contribution is -2.20. The monoisotopic (exact) mass is 401 g/mol. The van der Waals surface area contributed by atoms with Gasteiger partial charge in [-0.15, -0.1) is 0 Å². The van der Waals surface area contributed by atoms with E-state index in [-0.39, 0.29) is 12.5 Å². The van der Waals surface area contributed by atoms with E-state index in [1.807, 2.05) is 37.3 Å². The summed E-state index contributed by atoms with van der Waals surface area (Å²) >= 11 is 0. The first kappa shape index (κ1) is 19.3. The van der Waals surface area contributed by atoms with Crippen LogP contribution in [0.4, 0.5) is 5.69 Å². The molecule has 0 unspecified atom stereocenters. The van der Waals surface area contributed by atoms with Crippen LogP contribution in [0.3, 0.4) is 0 Å². The maximum Gasteiger partial charge on any atom is 0.336 e. The lowest BCUT2D eigenvalue weighted by molar-refractivity contribution is -0.118. The number of amides is 1. The van der Waals surface area contributed by atoms with Gasteiger partial charge in [0.2, 0.25) is 0 Å². The highest BCUT2D eigenvalue weighted by Gasteiger charge is 2.08. The quantitative estimate of drug-likeness (QED) is 0.465. The van der Waals surface area contributed by atoms with Crippen LogP contribution in [-0.2, 0) is 4.79 Å². The maximum absolute atomic E-state index is 12.2. The van der Waals surface area contributed by atoms with Crippen LogP contribution in [0.5, 0.6) is 17.2 Å². The normalized spacial score (nSPS) is 10.6. The second-order valence-electron chi connectivity index (χ2n) is 6.68. The Kier molecular flexibility index (Phi) is 5.48. The van der Waals surface area contributed by atoms with Crippen molar-refractivity contribution in [2.45, 2.75) is 6.92 Å². The number of para-hydroxylation sites is 1. The number of ether oxygens (including phenoxy) is 2. The highest BCUT2D eigenvalue weighted by atomic mass is 16.5. The minimum absolute atomic E-state index is 0.158. The number of rotatable bonds is 6. The zero-order valence-electron chi connectivity index (χ0n) is 16.3. The van der Waals surface area contributed by atoms with Crippen molar-refractivity contribution in [3.63, 3.8) is 0 Å². The van der Waals surface area contributed by atoms with Crippen molar-refractivity contribution in [1.82, 2.24) is 0 Å². The Labute approximate surface area is 172 Å². The van der Waals surface area contributed by atoms with Crippen LogP contribution < -0.4 is 20.4 Å². The Morgan fingerprint density at radius 2 is 1.60 bits per heavy atom. The summed E-state index contributed by atoms with van der Waals surface area (Å²) in [7, 11) is 0. The molecule has 1 heterocycles. The minimum atomic E-state index is -0.425. The van der Waals surface area contributed by atoms with Crippen molar-refractivity contribution < 1.29 is 18.7 Å². The molecule has 6 heteroatoms. The van der Waals surface area contributed by atoms with E-state index >= 15 is 0 Å². The Hall–Kier alpha value is -4.06. The van der Waals surface area contributed by atoms with Gasteiger partial charge in [-0.1, -0.05) is 18.2 Å². The highest BCUT2D eigenvalue weighted by molar-refractivity contribution is 5.94. The fraction of sp³-hybridized carbons (Fsp3) is 0.0833. The summed E-state index contributed by atoms with van der Waals surface area (Å²) in [5, 5.41) is 3.56. The molecule has 1 N–H and O–H groups in total. The van der Waals surface area contributed by atoms with Gasteiger partial charge in [-0.25, -0.2) is 4.79 Å². The molecular weight excluding hydrogens is 382 g/mol. The van der Waals surface area contributed by atoms with Crippen LogP contribution >= 0.6 is 0 Å². The fourth-order valence-electron chi connectivity index (χ4n) is 2.98. The van der Waals surface area contributed by atoms with Crippen LogP contribution in [0.25, 0.3) is 11.0 Å². The predicted molar refractivity (Wildman–Crippen MR) is 114 cm³/mol. The molecule has 0 spiro atoms. The Bertz CT molecular complexity index is 1230. The lowest BCUT2D eigenvalue weighted by Gasteiger charge is -2.09. The number of fused-ring (bicyclic) bond motifs is 1. The number of carbonyl (C=O) groups excluding carboxylic acids is 1. The van der Waals surface area contributed by atoms with Crippen LogP contribution in [0.2, 0.25) is 0 Å². The van der Waals surface area contributed by atoms with Gasteiger partial charge in [0, 0.05) is 23.2 Å². The lowest BCUT2D eigenvalue weighted by atomic mass is 10.1. The van der Waals surface area contributed by atoms with Crippen molar-refractivity contribution in [3.05, 3.63) is 94.8 Å². The number of carbonyl (C=O) groups is 1. The zero-order chi connectivity index (χ0) is 20.9. The molecule has 1 amide bonds. The first-order valence-corrected chi connectivity index (χ1v) is 9.37. The molecule has 0 aliphatic carbocycles. The summed E-state index contributed by atoms with van der Waals surface area (Å²) in [6.45, 7) is 1.68. The third kappa shape index (κ3) is 4.67. The van der Waals surface area contributed by atoms with Gasteiger partial charge < -0.3 is 19.2 Å². The van der Waals surface area contributed by atoms with E-state index in [2.05, 4.69) is 5.32 Å². The number of benzene rings is 3. The van der Waals surface area contributed by atoms with Crippen molar-refractivity contribution in [3.8, 4) is 17.2 Å². The van der Waals surface area contributed by atoms with Crippen LogP contribution in [-0.4, -0.2) is 12.5 Å². The molecule has 0 atom stereocenters. The summed E-state index contributed by atoms with van der Waals surface area (Å²) in [4.78, 5) is 23.8. The molecule has 4 aromatic rings. The molecular formula is C24H19NO5. The predicted octanol–water partition coefficient (Wildman–Crippen LogP) is 4.91. The van der Waals surface area contributed by atoms with Gasteiger partial charge in [-0.2, -0.15) is 0 Å². The summed E-state index contributed by atoms with van der Waals surface area (Å²) < 4.78 is 16.5. The second kappa shape index (κ2) is 8.53. The van der Waals surface area contributed by atoms with Gasteiger partial charge in [-0.05, 0) is 61.0 Å². The first-order valence-electron chi connectivity index (χ1n) is 9.37. The van der Waals surface area contributed by atoms with E-state index in [1.165, 1.54) is 6.07 Å². The molecule has 30 heavy (non-hydrogen) atoms. The second-order valence-corrected chi connectivity index (χ2v) is 6.68. The first-order chi connectivity index (χ1) is 14.6. The number of hydrogen-bond acceptors (Lipinski definition) is 5. The third-order valence-electron chi connectivity index (χ3n) is 4.41. The Balaban J connectivity index is 1.34. The van der Waals surface area contributed by atoms with Crippen molar-refractivity contribution in [1.29, 1.82) is 0 Å². The largest absolute Gasteiger partial charge is 0.484 e. The molecule has 1 aromatic heterocycles. The van der Waals surface area contributed by atoms with Crippen molar-refractivity contribution in [2.24, 2.45) is 0 Å². The van der Waals surface area contributed by atoms with E-state index in [1.54, 1.807) is 42.5 Å². The topological polar surface area (TPSA) is 77.8 Å². The van der Waals surface area contributed by atoms with Crippen LogP contribution in [0.15, 0.2) is 88.1 Å². The van der Waals surface area contributed by atoms with E-state index in [4.69, 9.17) is 13.9 Å². The standard InChI is InChI=1S/C24H19NO5/c1-16-13-24(27)30-22-14-17(7-12-21(16)22)25-23(26)15-28-18-8-10-20(11-9-18)29-19-5-3-2-4-6-19/h2-14H,15H2,1H3,(H,25,26). The Morgan fingerprint density at radius 3 is 2.37 bits per heavy atom. The molecule has 0 bridgehead atoms. The summed E-state index contributed by atoms with van der Waals surface area (Å²) in [5.41, 5.74) is 1.35. The van der Waals surface area contributed by atoms with Crippen molar-refractivity contribution in [2.75, 3.05) is 11.9 Å². The maximum atomic E-state index is 12.2. The molecule has 0 fully saturated rings. The zero-order valence-corrected chi connectivity index (χ0v) is 16.3. The highest BCUT2D eigenvalue weighted by Crippen LogP contribution is 2.24. The minimum Gasteiger partial charge on any atom is -0.484 e. The van der Waals surface area contributed by atoms with E-state index in [9.17, 15) is 9.59 Å². The summed E-state index contributed by atoms with van der Waals surface area (Å²) in [5.74, 6) is 1.64. The molecule has 0 radical (unpaired) electrons. The number of hydrogen-bond donors (Lipinski definition) is 1.